The summed E-state index contributed by atoms with van der Waals surface area (Å²) in [5.41, 5.74) is -0.0829. The maximum Gasteiger partial charge on any atom is 0.117 e. The van der Waals surface area contributed by atoms with Crippen molar-refractivity contribution < 1.29 is 9.84 Å². The van der Waals surface area contributed by atoms with Crippen LogP contribution < -0.4 is 0 Å². The third-order valence-corrected chi connectivity index (χ3v) is 3.13. The van der Waals surface area contributed by atoms with E-state index in [0.717, 1.165) is 6.61 Å². The predicted molar refractivity (Wildman–Crippen MR) is 42.3 cm³/mol. The van der Waals surface area contributed by atoms with Gasteiger partial charge in [-0.15, -0.1) is 0 Å². The molecule has 0 amide bonds. The van der Waals surface area contributed by atoms with E-state index < -0.39 is 0 Å². The highest BCUT2D eigenvalue weighted by Gasteiger charge is 2.50. The first-order valence-corrected chi connectivity index (χ1v) is 4.62. The van der Waals surface area contributed by atoms with E-state index >= 15 is 0 Å². The molecule has 2 heteroatoms. The lowest BCUT2D eigenvalue weighted by Gasteiger charge is -2.26. The lowest BCUT2D eigenvalue weighted by molar-refractivity contribution is 0.100. The Labute approximate surface area is 67.6 Å². The lowest BCUT2D eigenvalue weighted by Crippen LogP contribution is -2.30. The molecule has 1 heterocycles. The molecule has 1 saturated heterocycles. The largest absolute Gasteiger partial charge is 0.393 e. The molecular formula is C9H16O2. The summed E-state index contributed by atoms with van der Waals surface area (Å²) in [7, 11) is 0. The summed E-state index contributed by atoms with van der Waals surface area (Å²) in [5, 5.41) is 9.08. The lowest BCUT2D eigenvalue weighted by atomic mass is 9.80. The number of hydrogen-bond donors (Lipinski definition) is 1. The standard InChI is InChI=1S/C9H16O2/c10-6-9(7-11-9)8-4-2-1-3-5-8/h8,10H,1-7H2/t9-/m0/s1. The second-order valence-corrected chi connectivity index (χ2v) is 3.85. The van der Waals surface area contributed by atoms with Gasteiger partial charge in [-0.25, -0.2) is 0 Å². The molecule has 64 valence electrons. The predicted octanol–water partition coefficient (Wildman–Crippen LogP) is 1.33. The van der Waals surface area contributed by atoms with E-state index in [0.29, 0.717) is 5.92 Å². The van der Waals surface area contributed by atoms with Gasteiger partial charge in [-0.1, -0.05) is 19.3 Å². The number of epoxide rings is 1. The van der Waals surface area contributed by atoms with Crippen LogP contribution >= 0.6 is 0 Å². The molecule has 1 saturated carbocycles. The molecule has 0 bridgehead atoms. The SMILES string of the molecule is OC[C@@]1(C2CCCCC2)CO1. The van der Waals surface area contributed by atoms with Crippen molar-refractivity contribution in [1.82, 2.24) is 0 Å². The molecular weight excluding hydrogens is 140 g/mol. The summed E-state index contributed by atoms with van der Waals surface area (Å²) in [4.78, 5) is 0. The van der Waals surface area contributed by atoms with Crippen molar-refractivity contribution in [3.8, 4) is 0 Å². The maximum absolute atomic E-state index is 9.08. The molecule has 0 aromatic heterocycles. The van der Waals surface area contributed by atoms with E-state index in [1.807, 2.05) is 0 Å². The number of aliphatic hydroxyl groups excluding tert-OH is 1. The first-order valence-electron chi connectivity index (χ1n) is 4.62. The number of rotatable bonds is 2. The Balaban J connectivity index is 1.92. The first-order chi connectivity index (χ1) is 5.37. The molecule has 1 N–H and O–H groups in total. The molecule has 0 spiro atoms. The molecule has 0 aromatic rings. The Morgan fingerprint density at radius 1 is 1.27 bits per heavy atom. The van der Waals surface area contributed by atoms with Crippen LogP contribution in [0.25, 0.3) is 0 Å². The normalized spacial score (nSPS) is 39.0. The molecule has 11 heavy (non-hydrogen) atoms. The van der Waals surface area contributed by atoms with Gasteiger partial charge in [-0.2, -0.15) is 0 Å². The first kappa shape index (κ1) is 7.56. The van der Waals surface area contributed by atoms with Crippen molar-refractivity contribution >= 4 is 0 Å². The summed E-state index contributed by atoms with van der Waals surface area (Å²) in [6.07, 6.45) is 6.56. The summed E-state index contributed by atoms with van der Waals surface area (Å²) in [6.45, 7) is 1.03. The van der Waals surface area contributed by atoms with E-state index in [-0.39, 0.29) is 12.2 Å². The van der Waals surface area contributed by atoms with Gasteiger partial charge in [-0.05, 0) is 18.8 Å². The molecule has 0 radical (unpaired) electrons. The van der Waals surface area contributed by atoms with E-state index in [2.05, 4.69) is 0 Å². The summed E-state index contributed by atoms with van der Waals surface area (Å²) < 4.78 is 5.33. The smallest absolute Gasteiger partial charge is 0.117 e. The van der Waals surface area contributed by atoms with Crippen LogP contribution in [0.3, 0.4) is 0 Å². The Bertz CT molecular complexity index is 134. The van der Waals surface area contributed by atoms with Gasteiger partial charge in [0.05, 0.1) is 13.2 Å². The Morgan fingerprint density at radius 2 is 1.91 bits per heavy atom. The van der Waals surface area contributed by atoms with Crippen molar-refractivity contribution in [2.24, 2.45) is 5.92 Å². The van der Waals surface area contributed by atoms with E-state index in [1.54, 1.807) is 0 Å². The van der Waals surface area contributed by atoms with Gasteiger partial charge < -0.3 is 9.84 Å². The van der Waals surface area contributed by atoms with Gasteiger partial charge in [0.2, 0.25) is 0 Å². The van der Waals surface area contributed by atoms with Crippen LogP contribution in [0.1, 0.15) is 32.1 Å². The van der Waals surface area contributed by atoms with E-state index in [1.165, 1.54) is 32.1 Å². The minimum Gasteiger partial charge on any atom is -0.393 e. The molecule has 2 fully saturated rings. The second kappa shape index (κ2) is 2.76. The molecule has 1 aliphatic carbocycles. The van der Waals surface area contributed by atoms with Crippen LogP contribution in [0.2, 0.25) is 0 Å². The van der Waals surface area contributed by atoms with E-state index in [4.69, 9.17) is 9.84 Å². The summed E-state index contributed by atoms with van der Waals surface area (Å²) in [6, 6.07) is 0. The zero-order chi connectivity index (χ0) is 7.73. The van der Waals surface area contributed by atoms with Crippen LogP contribution in [0, 0.1) is 5.92 Å². The van der Waals surface area contributed by atoms with Crippen LogP contribution in [0.5, 0.6) is 0 Å². The highest BCUT2D eigenvalue weighted by Crippen LogP contribution is 2.42. The minimum atomic E-state index is -0.0829. The van der Waals surface area contributed by atoms with Crippen LogP contribution in [0.15, 0.2) is 0 Å². The monoisotopic (exact) mass is 156 g/mol. The minimum absolute atomic E-state index is 0.0829. The van der Waals surface area contributed by atoms with Gasteiger partial charge in [0.25, 0.3) is 0 Å². The average Bonchev–Trinajstić information content (AvgIpc) is 2.86. The number of hydrogen-bond acceptors (Lipinski definition) is 2. The summed E-state index contributed by atoms with van der Waals surface area (Å²) in [5.74, 6) is 0.654. The quantitative estimate of drug-likeness (QED) is 0.612. The highest BCUT2D eigenvalue weighted by molar-refractivity contribution is 4.98. The van der Waals surface area contributed by atoms with Gasteiger partial charge in [0.15, 0.2) is 0 Å². The molecule has 0 unspecified atom stereocenters. The van der Waals surface area contributed by atoms with Crippen molar-refractivity contribution in [3.05, 3.63) is 0 Å². The van der Waals surface area contributed by atoms with Crippen molar-refractivity contribution in [2.45, 2.75) is 37.7 Å². The average molecular weight is 156 g/mol. The van der Waals surface area contributed by atoms with Crippen molar-refractivity contribution in [3.63, 3.8) is 0 Å². The molecule has 2 nitrogen and oxygen atoms in total. The molecule has 1 aliphatic heterocycles. The Hall–Kier alpha value is -0.0800. The highest BCUT2D eigenvalue weighted by atomic mass is 16.6. The van der Waals surface area contributed by atoms with Gasteiger partial charge in [0.1, 0.15) is 5.60 Å². The molecule has 2 aliphatic rings. The second-order valence-electron chi connectivity index (χ2n) is 3.85. The van der Waals surface area contributed by atoms with E-state index in [9.17, 15) is 0 Å². The topological polar surface area (TPSA) is 32.8 Å². The molecule has 1 atom stereocenters. The third-order valence-electron chi connectivity index (χ3n) is 3.13. The third kappa shape index (κ3) is 1.30. The maximum atomic E-state index is 9.08. The Kier molecular flexibility index (Phi) is 1.90. The van der Waals surface area contributed by atoms with Gasteiger partial charge >= 0.3 is 0 Å². The number of ether oxygens (including phenoxy) is 1. The zero-order valence-corrected chi connectivity index (χ0v) is 6.88. The molecule has 2 rings (SSSR count). The van der Waals surface area contributed by atoms with Crippen LogP contribution in [-0.2, 0) is 4.74 Å². The molecule has 0 aromatic carbocycles. The van der Waals surface area contributed by atoms with Gasteiger partial charge in [-0.3, -0.25) is 0 Å². The van der Waals surface area contributed by atoms with Crippen molar-refractivity contribution in [1.29, 1.82) is 0 Å². The fourth-order valence-electron chi connectivity index (χ4n) is 2.18. The van der Waals surface area contributed by atoms with Crippen molar-refractivity contribution in [2.75, 3.05) is 13.2 Å². The van der Waals surface area contributed by atoms with Gasteiger partial charge in [0, 0.05) is 0 Å². The fraction of sp³-hybridized carbons (Fsp3) is 1.00. The summed E-state index contributed by atoms with van der Waals surface area (Å²) >= 11 is 0. The Morgan fingerprint density at radius 3 is 2.36 bits per heavy atom. The van der Waals surface area contributed by atoms with Crippen LogP contribution in [-0.4, -0.2) is 23.9 Å². The number of aliphatic hydroxyl groups is 1. The zero-order valence-electron chi connectivity index (χ0n) is 6.88. The fourth-order valence-corrected chi connectivity index (χ4v) is 2.18. The van der Waals surface area contributed by atoms with Crippen LogP contribution in [0.4, 0.5) is 0 Å².